The van der Waals surface area contributed by atoms with Crippen molar-refractivity contribution in [3.8, 4) is 0 Å². The van der Waals surface area contributed by atoms with E-state index in [1.165, 1.54) is 0 Å². The molecule has 0 atom stereocenters. The van der Waals surface area contributed by atoms with Crippen molar-refractivity contribution in [2.75, 3.05) is 6.54 Å². The minimum Gasteiger partial charge on any atom is -0.352 e. The monoisotopic (exact) mass is 398 g/mol. The number of halogens is 1. The van der Waals surface area contributed by atoms with E-state index in [1.807, 2.05) is 38.1 Å². The number of nitrogens with one attached hydrogen (secondary N) is 2. The summed E-state index contributed by atoms with van der Waals surface area (Å²) in [4.78, 5) is 27.4. The predicted octanol–water partition coefficient (Wildman–Crippen LogP) is 3.88. The lowest BCUT2D eigenvalue weighted by Gasteiger charge is -2.09. The molecule has 0 fully saturated rings. The first kappa shape index (κ1) is 17.4. The maximum atomic E-state index is 12.3. The average Bonchev–Trinajstić information content (AvgIpc) is 2.60. The molecule has 0 unspecified atom stereocenters. The van der Waals surface area contributed by atoms with E-state index >= 15 is 0 Å². The van der Waals surface area contributed by atoms with Crippen LogP contribution in [0.4, 0.5) is 0 Å². The lowest BCUT2D eigenvalue weighted by atomic mass is 10.0. The van der Waals surface area contributed by atoms with Crippen molar-refractivity contribution in [3.63, 3.8) is 0 Å². The molecule has 1 aromatic heterocycles. The zero-order chi connectivity index (χ0) is 18.0. The third kappa shape index (κ3) is 3.82. The van der Waals surface area contributed by atoms with Gasteiger partial charge in [-0.2, -0.15) is 0 Å². The van der Waals surface area contributed by atoms with Crippen LogP contribution in [-0.2, 0) is 6.42 Å². The van der Waals surface area contributed by atoms with E-state index in [0.717, 1.165) is 26.5 Å². The molecule has 2 aromatic carbocycles. The Kier molecular flexibility index (Phi) is 5.04. The van der Waals surface area contributed by atoms with E-state index in [0.29, 0.717) is 24.1 Å². The van der Waals surface area contributed by atoms with Crippen LogP contribution in [0.2, 0.25) is 0 Å². The molecule has 0 aliphatic carbocycles. The van der Waals surface area contributed by atoms with E-state index in [2.05, 4.69) is 32.3 Å². The quantitative estimate of drug-likeness (QED) is 0.700. The predicted molar refractivity (Wildman–Crippen MR) is 104 cm³/mol. The number of amides is 1. The Labute approximate surface area is 154 Å². The van der Waals surface area contributed by atoms with Gasteiger partial charge in [0.25, 0.3) is 11.5 Å². The van der Waals surface area contributed by atoms with Crippen LogP contribution in [0.15, 0.2) is 51.7 Å². The Balaban J connectivity index is 1.72. The van der Waals surface area contributed by atoms with Crippen molar-refractivity contribution in [1.29, 1.82) is 0 Å². The van der Waals surface area contributed by atoms with Gasteiger partial charge in [0.2, 0.25) is 0 Å². The van der Waals surface area contributed by atoms with E-state index < -0.39 is 0 Å². The minimum absolute atomic E-state index is 0.0981. The van der Waals surface area contributed by atoms with Gasteiger partial charge in [0.15, 0.2) is 0 Å². The molecule has 2 N–H and O–H groups in total. The SMILES string of the molecule is Cc1ccc2cc(CCNC(=O)c3ccc(Br)cc3)c(=O)[nH]c2c1C. The van der Waals surface area contributed by atoms with E-state index in [4.69, 9.17) is 0 Å². The molecule has 3 aromatic rings. The molecule has 4 nitrogen and oxygen atoms in total. The second-order valence-corrected chi connectivity index (χ2v) is 7.02. The number of aromatic nitrogens is 1. The summed E-state index contributed by atoms with van der Waals surface area (Å²) in [6.07, 6.45) is 0.487. The normalized spacial score (nSPS) is 10.8. The first-order chi connectivity index (χ1) is 12.0. The second-order valence-electron chi connectivity index (χ2n) is 6.11. The lowest BCUT2D eigenvalue weighted by Crippen LogP contribution is -2.27. The summed E-state index contributed by atoms with van der Waals surface area (Å²) in [6, 6.07) is 13.1. The van der Waals surface area contributed by atoms with Crippen LogP contribution in [0, 0.1) is 13.8 Å². The molecule has 0 saturated carbocycles. The zero-order valence-corrected chi connectivity index (χ0v) is 15.7. The lowest BCUT2D eigenvalue weighted by molar-refractivity contribution is 0.0954. The standard InChI is InChI=1S/C20H19BrN2O2/c1-12-3-4-15-11-16(20(25)23-18(15)13(12)2)9-10-22-19(24)14-5-7-17(21)8-6-14/h3-8,11H,9-10H2,1-2H3,(H,22,24)(H,23,25). The number of aromatic amines is 1. The fourth-order valence-corrected chi connectivity index (χ4v) is 3.03. The van der Waals surface area contributed by atoms with Crippen LogP contribution >= 0.6 is 15.9 Å². The maximum absolute atomic E-state index is 12.3. The summed E-state index contributed by atoms with van der Waals surface area (Å²) >= 11 is 3.35. The van der Waals surface area contributed by atoms with Crippen LogP contribution in [-0.4, -0.2) is 17.4 Å². The Morgan fingerprint density at radius 1 is 1.12 bits per heavy atom. The van der Waals surface area contributed by atoms with Gasteiger partial charge in [-0.25, -0.2) is 0 Å². The Bertz CT molecular complexity index is 991. The fraction of sp³-hybridized carbons (Fsp3) is 0.200. The van der Waals surface area contributed by atoms with Gasteiger partial charge in [-0.15, -0.1) is 0 Å². The molecule has 0 saturated heterocycles. The van der Waals surface area contributed by atoms with Gasteiger partial charge in [-0.1, -0.05) is 28.1 Å². The highest BCUT2D eigenvalue weighted by Gasteiger charge is 2.08. The number of carbonyl (C=O) groups is 1. The van der Waals surface area contributed by atoms with E-state index in [9.17, 15) is 9.59 Å². The molecule has 0 bridgehead atoms. The number of hydrogen-bond donors (Lipinski definition) is 2. The van der Waals surface area contributed by atoms with Crippen molar-refractivity contribution in [2.24, 2.45) is 0 Å². The number of carbonyl (C=O) groups excluding carboxylic acids is 1. The van der Waals surface area contributed by atoms with Crippen molar-refractivity contribution in [1.82, 2.24) is 10.3 Å². The topological polar surface area (TPSA) is 62.0 Å². The smallest absolute Gasteiger partial charge is 0.251 e. The highest BCUT2D eigenvalue weighted by Crippen LogP contribution is 2.19. The summed E-state index contributed by atoms with van der Waals surface area (Å²) in [5, 5.41) is 3.87. The maximum Gasteiger partial charge on any atom is 0.251 e. The molecule has 1 heterocycles. The van der Waals surface area contributed by atoms with Gasteiger partial charge in [0.1, 0.15) is 0 Å². The molecule has 0 spiro atoms. The van der Waals surface area contributed by atoms with Crippen LogP contribution in [0.25, 0.3) is 10.9 Å². The van der Waals surface area contributed by atoms with E-state index in [1.54, 1.807) is 12.1 Å². The first-order valence-electron chi connectivity index (χ1n) is 8.11. The summed E-state index contributed by atoms with van der Waals surface area (Å²) in [7, 11) is 0. The molecule has 1 amide bonds. The molecule has 25 heavy (non-hydrogen) atoms. The molecular weight excluding hydrogens is 380 g/mol. The molecule has 0 aliphatic heterocycles. The summed E-state index contributed by atoms with van der Waals surface area (Å²) in [5.41, 5.74) is 4.29. The number of benzene rings is 2. The van der Waals surface area contributed by atoms with Crippen molar-refractivity contribution in [2.45, 2.75) is 20.3 Å². The Morgan fingerprint density at radius 2 is 1.84 bits per heavy atom. The highest BCUT2D eigenvalue weighted by atomic mass is 79.9. The summed E-state index contributed by atoms with van der Waals surface area (Å²) in [6.45, 7) is 4.44. The first-order valence-corrected chi connectivity index (χ1v) is 8.91. The summed E-state index contributed by atoms with van der Waals surface area (Å²) in [5.74, 6) is -0.142. The fourth-order valence-electron chi connectivity index (χ4n) is 2.77. The minimum atomic E-state index is -0.142. The van der Waals surface area contributed by atoms with Crippen molar-refractivity contribution >= 4 is 32.7 Å². The number of fused-ring (bicyclic) bond motifs is 1. The number of H-pyrrole nitrogens is 1. The average molecular weight is 399 g/mol. The summed E-state index contributed by atoms with van der Waals surface area (Å²) < 4.78 is 0.928. The number of rotatable bonds is 4. The number of aryl methyl sites for hydroxylation is 2. The van der Waals surface area contributed by atoms with Crippen LogP contribution in [0.5, 0.6) is 0 Å². The Hall–Kier alpha value is -2.40. The third-order valence-electron chi connectivity index (χ3n) is 4.41. The molecule has 5 heteroatoms. The molecule has 128 valence electrons. The van der Waals surface area contributed by atoms with Crippen LogP contribution in [0.1, 0.15) is 27.0 Å². The van der Waals surface area contributed by atoms with Crippen molar-refractivity contribution in [3.05, 3.63) is 79.5 Å². The largest absolute Gasteiger partial charge is 0.352 e. The zero-order valence-electron chi connectivity index (χ0n) is 14.2. The van der Waals surface area contributed by atoms with E-state index in [-0.39, 0.29) is 11.5 Å². The van der Waals surface area contributed by atoms with Gasteiger partial charge >= 0.3 is 0 Å². The number of pyridine rings is 1. The molecular formula is C20H19BrN2O2. The second kappa shape index (κ2) is 7.23. The van der Waals surface area contributed by atoms with Crippen LogP contribution < -0.4 is 10.9 Å². The van der Waals surface area contributed by atoms with Gasteiger partial charge in [-0.05, 0) is 67.1 Å². The van der Waals surface area contributed by atoms with Gasteiger partial charge in [-0.3, -0.25) is 9.59 Å². The van der Waals surface area contributed by atoms with Crippen molar-refractivity contribution < 1.29 is 4.79 Å². The molecule has 3 rings (SSSR count). The number of hydrogen-bond acceptors (Lipinski definition) is 2. The van der Waals surface area contributed by atoms with Gasteiger partial charge < -0.3 is 10.3 Å². The molecule has 0 radical (unpaired) electrons. The third-order valence-corrected chi connectivity index (χ3v) is 4.94. The van der Waals surface area contributed by atoms with Gasteiger partial charge in [0.05, 0.1) is 5.52 Å². The molecule has 0 aliphatic rings. The van der Waals surface area contributed by atoms with Crippen LogP contribution in [0.3, 0.4) is 0 Å². The highest BCUT2D eigenvalue weighted by molar-refractivity contribution is 9.10. The Morgan fingerprint density at radius 3 is 2.56 bits per heavy atom. The van der Waals surface area contributed by atoms with Gasteiger partial charge in [0, 0.05) is 22.1 Å².